The van der Waals surface area contributed by atoms with E-state index >= 15 is 0 Å². The van der Waals surface area contributed by atoms with Crippen LogP contribution in [0.4, 0.5) is 0 Å². The molecule has 0 spiro atoms. The van der Waals surface area contributed by atoms with Crippen molar-refractivity contribution >= 4 is 9.84 Å². The van der Waals surface area contributed by atoms with Gasteiger partial charge >= 0.3 is 0 Å². The van der Waals surface area contributed by atoms with Crippen LogP contribution in [0.2, 0.25) is 0 Å². The standard InChI is InChI=1S/C15H33NO2S/c1-6-15(7-2,13-16-12-14(4)5)10-9-11-19(17,18)8-3/h14,16H,6-13H2,1-5H3. The average molecular weight is 292 g/mol. The van der Waals surface area contributed by atoms with Crippen LogP contribution in [0.3, 0.4) is 0 Å². The summed E-state index contributed by atoms with van der Waals surface area (Å²) in [4.78, 5) is 0. The Labute approximate surface area is 120 Å². The molecule has 0 saturated carbocycles. The van der Waals surface area contributed by atoms with Crippen molar-refractivity contribution in [3.8, 4) is 0 Å². The van der Waals surface area contributed by atoms with Crippen LogP contribution < -0.4 is 5.32 Å². The van der Waals surface area contributed by atoms with Gasteiger partial charge in [-0.05, 0) is 43.6 Å². The molecule has 0 saturated heterocycles. The van der Waals surface area contributed by atoms with Crippen LogP contribution in [-0.2, 0) is 9.84 Å². The molecule has 0 aromatic rings. The number of hydrogen-bond donors (Lipinski definition) is 1. The van der Waals surface area contributed by atoms with Gasteiger partial charge in [-0.1, -0.05) is 34.6 Å². The predicted molar refractivity (Wildman–Crippen MR) is 84.3 cm³/mol. The fourth-order valence-electron chi connectivity index (χ4n) is 2.38. The zero-order valence-electron chi connectivity index (χ0n) is 13.5. The van der Waals surface area contributed by atoms with Gasteiger partial charge in [0.2, 0.25) is 0 Å². The summed E-state index contributed by atoms with van der Waals surface area (Å²) in [6.45, 7) is 12.6. The molecule has 1 N–H and O–H groups in total. The number of sulfone groups is 1. The third kappa shape index (κ3) is 7.93. The Morgan fingerprint density at radius 2 is 1.68 bits per heavy atom. The van der Waals surface area contributed by atoms with E-state index in [-0.39, 0.29) is 11.2 Å². The number of hydrogen-bond acceptors (Lipinski definition) is 3. The number of nitrogens with one attached hydrogen (secondary N) is 1. The van der Waals surface area contributed by atoms with Crippen molar-refractivity contribution in [1.29, 1.82) is 0 Å². The molecule has 0 radical (unpaired) electrons. The van der Waals surface area contributed by atoms with Gasteiger partial charge in [0.15, 0.2) is 0 Å². The molecule has 0 aliphatic heterocycles. The normalized spacial score (nSPS) is 13.2. The first-order valence-electron chi connectivity index (χ1n) is 7.72. The topological polar surface area (TPSA) is 46.2 Å². The van der Waals surface area contributed by atoms with E-state index < -0.39 is 9.84 Å². The molecule has 116 valence electrons. The van der Waals surface area contributed by atoms with Crippen molar-refractivity contribution in [1.82, 2.24) is 5.32 Å². The highest BCUT2D eigenvalue weighted by molar-refractivity contribution is 7.91. The second-order valence-corrected chi connectivity index (χ2v) is 8.54. The summed E-state index contributed by atoms with van der Waals surface area (Å²) < 4.78 is 23.1. The molecule has 0 atom stereocenters. The minimum absolute atomic E-state index is 0.262. The molecule has 0 aliphatic carbocycles. The van der Waals surface area contributed by atoms with Gasteiger partial charge in [0.1, 0.15) is 9.84 Å². The van der Waals surface area contributed by atoms with Crippen molar-refractivity contribution < 1.29 is 8.42 Å². The highest BCUT2D eigenvalue weighted by Crippen LogP contribution is 2.31. The SMILES string of the molecule is CCC(CC)(CCCS(=O)(=O)CC)CNCC(C)C. The van der Waals surface area contributed by atoms with Gasteiger partial charge in [-0.2, -0.15) is 0 Å². The monoisotopic (exact) mass is 291 g/mol. The van der Waals surface area contributed by atoms with Crippen molar-refractivity contribution in [2.24, 2.45) is 11.3 Å². The van der Waals surface area contributed by atoms with Gasteiger partial charge < -0.3 is 5.32 Å². The molecular formula is C15H33NO2S. The fraction of sp³-hybridized carbons (Fsp3) is 1.00. The molecule has 0 fully saturated rings. The average Bonchev–Trinajstić information content (AvgIpc) is 2.36. The molecule has 0 aromatic heterocycles. The lowest BCUT2D eigenvalue weighted by Gasteiger charge is -2.32. The summed E-state index contributed by atoms with van der Waals surface area (Å²) in [6, 6.07) is 0. The molecule has 3 nitrogen and oxygen atoms in total. The summed E-state index contributed by atoms with van der Waals surface area (Å²) in [7, 11) is -2.81. The van der Waals surface area contributed by atoms with Gasteiger partial charge in [0, 0.05) is 12.3 Å². The third-order valence-corrected chi connectivity index (χ3v) is 5.95. The Hall–Kier alpha value is -0.0900. The van der Waals surface area contributed by atoms with Crippen LogP contribution >= 0.6 is 0 Å². The van der Waals surface area contributed by atoms with E-state index in [1.165, 1.54) is 0 Å². The smallest absolute Gasteiger partial charge is 0.150 e. The van der Waals surface area contributed by atoms with Gasteiger partial charge in [0.25, 0.3) is 0 Å². The predicted octanol–water partition coefficient (Wildman–Crippen LogP) is 3.25. The van der Waals surface area contributed by atoms with Gasteiger partial charge in [-0.25, -0.2) is 8.42 Å². The van der Waals surface area contributed by atoms with E-state index in [4.69, 9.17) is 0 Å². The van der Waals surface area contributed by atoms with Crippen molar-refractivity contribution in [3.63, 3.8) is 0 Å². The molecule has 0 aliphatic rings. The van der Waals surface area contributed by atoms with Crippen LogP contribution in [0.1, 0.15) is 60.3 Å². The molecule has 0 bridgehead atoms. The minimum atomic E-state index is -2.81. The van der Waals surface area contributed by atoms with Gasteiger partial charge in [0.05, 0.1) is 5.75 Å². The summed E-state index contributed by atoms with van der Waals surface area (Å²) in [5.41, 5.74) is 0.262. The minimum Gasteiger partial charge on any atom is -0.316 e. The van der Waals surface area contributed by atoms with Crippen molar-refractivity contribution in [2.75, 3.05) is 24.6 Å². The zero-order valence-corrected chi connectivity index (χ0v) is 14.3. The second kappa shape index (κ2) is 8.96. The lowest BCUT2D eigenvalue weighted by atomic mass is 9.78. The van der Waals surface area contributed by atoms with Crippen LogP contribution in [-0.4, -0.2) is 33.0 Å². The summed E-state index contributed by atoms with van der Waals surface area (Å²) >= 11 is 0. The Morgan fingerprint density at radius 1 is 1.11 bits per heavy atom. The maximum Gasteiger partial charge on any atom is 0.150 e. The van der Waals surface area contributed by atoms with Gasteiger partial charge in [-0.3, -0.25) is 0 Å². The first-order valence-corrected chi connectivity index (χ1v) is 9.54. The van der Waals surface area contributed by atoms with Crippen LogP contribution in [0.15, 0.2) is 0 Å². The van der Waals surface area contributed by atoms with Crippen LogP contribution in [0, 0.1) is 11.3 Å². The Kier molecular flexibility index (Phi) is 8.92. The largest absolute Gasteiger partial charge is 0.316 e. The maximum atomic E-state index is 11.5. The van der Waals surface area contributed by atoms with Crippen molar-refractivity contribution in [2.45, 2.75) is 60.3 Å². The Morgan fingerprint density at radius 3 is 2.11 bits per heavy atom. The van der Waals surface area contributed by atoms with Crippen LogP contribution in [0.25, 0.3) is 0 Å². The van der Waals surface area contributed by atoms with E-state index in [0.29, 0.717) is 11.7 Å². The third-order valence-electron chi connectivity index (χ3n) is 4.15. The van der Waals surface area contributed by atoms with Gasteiger partial charge in [-0.15, -0.1) is 0 Å². The fourth-order valence-corrected chi connectivity index (χ4v) is 3.25. The Bertz CT molecular complexity index is 319. The highest BCUT2D eigenvalue weighted by atomic mass is 32.2. The van der Waals surface area contributed by atoms with E-state index in [0.717, 1.165) is 38.8 Å². The molecule has 0 rings (SSSR count). The molecule has 0 amide bonds. The summed E-state index contributed by atoms with van der Waals surface area (Å²) in [6.07, 6.45) is 4.02. The van der Waals surface area contributed by atoms with E-state index in [1.807, 2.05) is 0 Å². The zero-order chi connectivity index (χ0) is 14.9. The van der Waals surface area contributed by atoms with Crippen LogP contribution in [0.5, 0.6) is 0 Å². The highest BCUT2D eigenvalue weighted by Gasteiger charge is 2.26. The first kappa shape index (κ1) is 18.9. The second-order valence-electron chi connectivity index (χ2n) is 6.07. The quantitative estimate of drug-likeness (QED) is 0.635. The number of rotatable bonds is 11. The molecule has 4 heteroatoms. The first-order chi connectivity index (χ1) is 8.81. The summed E-state index contributed by atoms with van der Waals surface area (Å²) in [5, 5.41) is 3.54. The lowest BCUT2D eigenvalue weighted by molar-refractivity contribution is 0.223. The lowest BCUT2D eigenvalue weighted by Crippen LogP contribution is -2.35. The molecular weight excluding hydrogens is 258 g/mol. The molecule has 19 heavy (non-hydrogen) atoms. The maximum absolute atomic E-state index is 11.5. The van der Waals surface area contributed by atoms with E-state index in [1.54, 1.807) is 6.92 Å². The Balaban J connectivity index is 4.30. The molecule has 0 heterocycles. The molecule has 0 aromatic carbocycles. The molecule has 0 unspecified atom stereocenters. The van der Waals surface area contributed by atoms with E-state index in [2.05, 4.69) is 33.0 Å². The van der Waals surface area contributed by atoms with Crippen molar-refractivity contribution in [3.05, 3.63) is 0 Å². The van der Waals surface area contributed by atoms with E-state index in [9.17, 15) is 8.42 Å². The summed E-state index contributed by atoms with van der Waals surface area (Å²) in [5.74, 6) is 1.27.